The summed E-state index contributed by atoms with van der Waals surface area (Å²) < 4.78 is 5.56. The van der Waals surface area contributed by atoms with E-state index in [1.54, 1.807) is 0 Å². The summed E-state index contributed by atoms with van der Waals surface area (Å²) in [6, 6.07) is 6.07. The molecule has 2 aromatic rings. The lowest BCUT2D eigenvalue weighted by Crippen LogP contribution is -1.96. The smallest absolute Gasteiger partial charge is 0.359 e. The predicted molar refractivity (Wildman–Crippen MR) is 75.4 cm³/mol. The maximum atomic E-state index is 11.0. The van der Waals surface area contributed by atoms with Crippen molar-refractivity contribution in [3.8, 4) is 11.3 Å². The van der Waals surface area contributed by atoms with Crippen LogP contribution in [0.4, 0.5) is 0 Å². The van der Waals surface area contributed by atoms with Crippen LogP contribution in [0, 0.1) is 6.92 Å². The Morgan fingerprint density at radius 1 is 1.42 bits per heavy atom. The van der Waals surface area contributed by atoms with Gasteiger partial charge < -0.3 is 9.63 Å². The summed E-state index contributed by atoms with van der Waals surface area (Å²) >= 11 is 3.25. The van der Waals surface area contributed by atoms with E-state index in [0.29, 0.717) is 16.2 Å². The van der Waals surface area contributed by atoms with Crippen LogP contribution in [0.2, 0.25) is 0 Å². The lowest BCUT2D eigenvalue weighted by Gasteiger charge is -2.09. The number of rotatable bonds is 3. The summed E-state index contributed by atoms with van der Waals surface area (Å²) in [5, 5.41) is 12.6. The van der Waals surface area contributed by atoms with Crippen molar-refractivity contribution in [1.29, 1.82) is 0 Å². The zero-order chi connectivity index (χ0) is 14.2. The van der Waals surface area contributed by atoms with Crippen molar-refractivity contribution in [2.24, 2.45) is 0 Å². The van der Waals surface area contributed by atoms with Gasteiger partial charge in [-0.15, -0.1) is 0 Å². The third-order valence-corrected chi connectivity index (χ3v) is 3.75. The van der Waals surface area contributed by atoms with Gasteiger partial charge in [-0.1, -0.05) is 31.1 Å². The maximum Gasteiger partial charge on any atom is 0.359 e. The molecule has 5 heteroatoms. The van der Waals surface area contributed by atoms with Crippen LogP contribution in [0.3, 0.4) is 0 Å². The minimum Gasteiger partial charge on any atom is -0.476 e. The molecule has 0 radical (unpaired) electrons. The normalized spacial score (nSPS) is 11.0. The highest BCUT2D eigenvalue weighted by molar-refractivity contribution is 9.10. The minimum atomic E-state index is -1.11. The highest BCUT2D eigenvalue weighted by Crippen LogP contribution is 2.34. The first-order valence-corrected chi connectivity index (χ1v) is 6.70. The van der Waals surface area contributed by atoms with Crippen LogP contribution in [-0.4, -0.2) is 16.2 Å². The van der Waals surface area contributed by atoms with E-state index in [1.807, 2.05) is 19.1 Å². The van der Waals surface area contributed by atoms with Gasteiger partial charge in [-0.25, -0.2) is 4.79 Å². The van der Waals surface area contributed by atoms with E-state index in [2.05, 4.69) is 41.0 Å². The number of hydrogen-bond donors (Lipinski definition) is 1. The number of nitrogens with zero attached hydrogens (tertiary/aromatic N) is 1. The van der Waals surface area contributed by atoms with Gasteiger partial charge in [-0.05, 0) is 46.0 Å². The molecule has 0 fully saturated rings. The van der Waals surface area contributed by atoms with E-state index in [1.165, 1.54) is 5.56 Å². The number of aromatic nitrogens is 1. The Balaban J connectivity index is 2.58. The lowest BCUT2D eigenvalue weighted by atomic mass is 9.96. The van der Waals surface area contributed by atoms with E-state index in [4.69, 9.17) is 9.63 Å². The van der Waals surface area contributed by atoms with Gasteiger partial charge in [0.15, 0.2) is 5.76 Å². The van der Waals surface area contributed by atoms with Crippen molar-refractivity contribution >= 4 is 21.9 Å². The molecular weight excluding hydrogens is 310 g/mol. The topological polar surface area (TPSA) is 63.3 Å². The SMILES string of the molecule is Cc1ccc(C(C)C)cc1-c1onc(C(=O)O)c1Br. The quantitative estimate of drug-likeness (QED) is 0.917. The molecule has 1 aromatic carbocycles. The number of halogens is 1. The first-order chi connectivity index (χ1) is 8.91. The van der Waals surface area contributed by atoms with Crippen molar-refractivity contribution < 1.29 is 14.4 Å². The molecule has 0 bridgehead atoms. The average molecular weight is 324 g/mol. The summed E-state index contributed by atoms with van der Waals surface area (Å²) in [6.45, 7) is 6.16. The van der Waals surface area contributed by atoms with Crippen LogP contribution in [0.15, 0.2) is 27.2 Å². The molecule has 0 saturated carbocycles. The molecular formula is C14H14BrNO3. The minimum absolute atomic E-state index is 0.107. The Bertz CT molecular complexity index is 632. The van der Waals surface area contributed by atoms with Crippen LogP contribution >= 0.6 is 15.9 Å². The van der Waals surface area contributed by atoms with Gasteiger partial charge in [0.1, 0.15) is 4.47 Å². The van der Waals surface area contributed by atoms with Crippen LogP contribution in [0.25, 0.3) is 11.3 Å². The number of carboxylic acids is 1. The Morgan fingerprint density at radius 2 is 2.11 bits per heavy atom. The number of carbonyl (C=O) groups is 1. The monoisotopic (exact) mass is 323 g/mol. The zero-order valence-corrected chi connectivity index (χ0v) is 12.5. The predicted octanol–water partition coefficient (Wildman–Crippen LogP) is 4.23. The Labute approximate surface area is 119 Å². The highest BCUT2D eigenvalue weighted by Gasteiger charge is 2.21. The van der Waals surface area contributed by atoms with Gasteiger partial charge in [0.25, 0.3) is 0 Å². The Morgan fingerprint density at radius 3 is 2.63 bits per heavy atom. The first-order valence-electron chi connectivity index (χ1n) is 5.91. The van der Waals surface area contributed by atoms with Gasteiger partial charge in [0.2, 0.25) is 5.69 Å². The van der Waals surface area contributed by atoms with Gasteiger partial charge in [0.05, 0.1) is 0 Å². The second-order valence-electron chi connectivity index (χ2n) is 4.71. The molecule has 2 rings (SSSR count). The van der Waals surface area contributed by atoms with Crippen LogP contribution in [0.1, 0.15) is 41.4 Å². The molecule has 0 atom stereocenters. The fourth-order valence-corrected chi connectivity index (χ4v) is 2.35. The number of aryl methyl sites for hydroxylation is 1. The fraction of sp³-hybridized carbons (Fsp3) is 0.286. The molecule has 100 valence electrons. The fourth-order valence-electron chi connectivity index (χ4n) is 1.82. The third-order valence-electron chi connectivity index (χ3n) is 3.01. The Kier molecular flexibility index (Phi) is 3.75. The average Bonchev–Trinajstić information content (AvgIpc) is 2.71. The van der Waals surface area contributed by atoms with Gasteiger partial charge in [-0.3, -0.25) is 0 Å². The molecule has 4 nitrogen and oxygen atoms in total. The molecule has 1 N–H and O–H groups in total. The van der Waals surface area contributed by atoms with Crippen LogP contribution < -0.4 is 0 Å². The molecule has 0 amide bonds. The molecule has 0 aliphatic heterocycles. The van der Waals surface area contributed by atoms with Crippen molar-refractivity contribution in [2.75, 3.05) is 0 Å². The van der Waals surface area contributed by atoms with E-state index in [0.717, 1.165) is 11.1 Å². The molecule has 0 aliphatic carbocycles. The van der Waals surface area contributed by atoms with Crippen molar-refractivity contribution in [1.82, 2.24) is 5.16 Å². The number of aromatic carboxylic acids is 1. The van der Waals surface area contributed by atoms with Crippen molar-refractivity contribution in [3.05, 3.63) is 39.5 Å². The number of benzene rings is 1. The summed E-state index contributed by atoms with van der Waals surface area (Å²) in [6.07, 6.45) is 0. The zero-order valence-electron chi connectivity index (χ0n) is 10.9. The van der Waals surface area contributed by atoms with E-state index < -0.39 is 5.97 Å². The molecule has 0 saturated heterocycles. The summed E-state index contributed by atoms with van der Waals surface area (Å²) in [4.78, 5) is 11.0. The maximum absolute atomic E-state index is 11.0. The van der Waals surface area contributed by atoms with Crippen molar-refractivity contribution in [3.63, 3.8) is 0 Å². The van der Waals surface area contributed by atoms with Crippen LogP contribution in [-0.2, 0) is 0 Å². The second-order valence-corrected chi connectivity index (χ2v) is 5.50. The van der Waals surface area contributed by atoms with E-state index >= 15 is 0 Å². The van der Waals surface area contributed by atoms with E-state index in [9.17, 15) is 4.79 Å². The highest BCUT2D eigenvalue weighted by atomic mass is 79.9. The summed E-state index contributed by atoms with van der Waals surface area (Å²) in [7, 11) is 0. The van der Waals surface area contributed by atoms with Gasteiger partial charge in [0, 0.05) is 5.56 Å². The molecule has 0 spiro atoms. The largest absolute Gasteiger partial charge is 0.476 e. The lowest BCUT2D eigenvalue weighted by molar-refractivity contribution is 0.0685. The Hall–Kier alpha value is -1.62. The second kappa shape index (κ2) is 5.17. The summed E-state index contributed by atoms with van der Waals surface area (Å²) in [5.41, 5.74) is 2.93. The van der Waals surface area contributed by atoms with Gasteiger partial charge >= 0.3 is 5.97 Å². The standard InChI is InChI=1S/C14H14BrNO3/c1-7(2)9-5-4-8(3)10(6-9)13-11(15)12(14(17)18)16-19-13/h4-7H,1-3H3,(H,17,18). The molecule has 0 unspecified atom stereocenters. The van der Waals surface area contributed by atoms with Gasteiger partial charge in [-0.2, -0.15) is 0 Å². The van der Waals surface area contributed by atoms with E-state index in [-0.39, 0.29) is 5.69 Å². The van der Waals surface area contributed by atoms with Crippen LogP contribution in [0.5, 0.6) is 0 Å². The first kappa shape index (κ1) is 13.8. The number of carboxylic acid groups (broad SMARTS) is 1. The van der Waals surface area contributed by atoms with Crippen molar-refractivity contribution in [2.45, 2.75) is 26.7 Å². The molecule has 19 heavy (non-hydrogen) atoms. The molecule has 0 aliphatic rings. The molecule has 1 heterocycles. The summed E-state index contributed by atoms with van der Waals surface area (Å²) in [5.74, 6) is -0.267. The third kappa shape index (κ3) is 2.56. The molecule has 1 aromatic heterocycles. The number of hydrogen-bond acceptors (Lipinski definition) is 3.